The van der Waals surface area contributed by atoms with E-state index >= 15 is 0 Å². The largest absolute Gasteiger partial charge is 0.595 e. The number of quaternary nitrogens is 1. The number of aromatic amines is 1. The average Bonchev–Trinajstić information content (AvgIpc) is 3.49. The summed E-state index contributed by atoms with van der Waals surface area (Å²) in [6.45, 7) is 2.27. The van der Waals surface area contributed by atoms with Gasteiger partial charge in [-0.1, -0.05) is 35.0 Å². The van der Waals surface area contributed by atoms with Crippen molar-refractivity contribution in [3.63, 3.8) is 0 Å². The topological polar surface area (TPSA) is 148 Å². The Hall–Kier alpha value is -4.06. The second-order valence-corrected chi connectivity index (χ2v) is 7.81. The number of carbonyl (C=O) groups excluding carboxylic acids is 1. The maximum absolute atomic E-state index is 13.2. The summed E-state index contributed by atoms with van der Waals surface area (Å²) in [5.41, 5.74) is 4.08. The number of H-pyrrole nitrogens is 1. The molecule has 2 unspecified atom stereocenters. The van der Waals surface area contributed by atoms with Gasteiger partial charge in [-0.15, -0.1) is 0 Å². The molecule has 2 aromatic carbocycles. The van der Waals surface area contributed by atoms with Crippen LogP contribution in [-0.2, 0) is 13.0 Å². The first kappa shape index (κ1) is 20.8. The number of hydrogen-bond donors (Lipinski definition) is 4. The maximum atomic E-state index is 13.2. The molecule has 4 N–H and O–H groups in total. The molecule has 168 valence electrons. The number of rotatable bonds is 4. The van der Waals surface area contributed by atoms with E-state index in [4.69, 9.17) is 4.52 Å². The number of anilines is 1. The molecule has 2 aromatic heterocycles. The van der Waals surface area contributed by atoms with Gasteiger partial charge in [0.25, 0.3) is 0 Å². The Morgan fingerprint density at radius 1 is 1.30 bits per heavy atom. The second-order valence-electron chi connectivity index (χ2n) is 7.81. The van der Waals surface area contributed by atoms with E-state index < -0.39 is 11.3 Å². The lowest BCUT2D eigenvalue weighted by Gasteiger charge is -2.32. The molecule has 0 spiro atoms. The fraction of sp³-hybridized carbons (Fsp3) is 0.182. The zero-order chi connectivity index (χ0) is 22.9. The first-order valence-corrected chi connectivity index (χ1v) is 10.3. The van der Waals surface area contributed by atoms with Crippen molar-refractivity contribution in [2.45, 2.75) is 25.9 Å². The number of hydrogen-bond acceptors (Lipinski definition) is 7. The van der Waals surface area contributed by atoms with Gasteiger partial charge in [0.2, 0.25) is 11.7 Å². The van der Waals surface area contributed by atoms with Crippen LogP contribution in [0.5, 0.6) is 0 Å². The first-order valence-electron chi connectivity index (χ1n) is 10.3. The SMILES string of the molecule is Cc1ccc(NC(=O)N2Cc3[nH]cnc3CC2c2nc(-c3cccc([NH+]([O-])O)c3)no2)cc1. The maximum Gasteiger partial charge on any atom is 0.322 e. The minimum absolute atomic E-state index is 0.122. The monoisotopic (exact) mass is 447 g/mol. The number of amides is 2. The summed E-state index contributed by atoms with van der Waals surface area (Å²) in [4.78, 5) is 26.7. The summed E-state index contributed by atoms with van der Waals surface area (Å²) in [7, 11) is 0. The van der Waals surface area contributed by atoms with E-state index in [2.05, 4.69) is 25.4 Å². The summed E-state index contributed by atoms with van der Waals surface area (Å²) in [5, 5.41) is 26.4. The van der Waals surface area contributed by atoms with Crippen molar-refractivity contribution in [3.05, 3.63) is 82.9 Å². The predicted molar refractivity (Wildman–Crippen MR) is 116 cm³/mol. The van der Waals surface area contributed by atoms with E-state index in [1.165, 1.54) is 12.1 Å². The van der Waals surface area contributed by atoms with Crippen molar-refractivity contribution < 1.29 is 19.8 Å². The predicted octanol–water partition coefficient (Wildman–Crippen LogP) is 2.50. The lowest BCUT2D eigenvalue weighted by atomic mass is 10.0. The van der Waals surface area contributed by atoms with Crippen molar-refractivity contribution in [2.24, 2.45) is 0 Å². The molecule has 0 saturated carbocycles. The molecule has 11 heteroatoms. The molecular weight excluding hydrogens is 426 g/mol. The second kappa shape index (κ2) is 8.47. The normalized spacial score (nSPS) is 16.3. The van der Waals surface area contributed by atoms with Crippen molar-refractivity contribution in [1.82, 2.24) is 25.0 Å². The number of carbonyl (C=O) groups is 1. The van der Waals surface area contributed by atoms with Crippen LogP contribution in [0.1, 0.15) is 28.9 Å². The van der Waals surface area contributed by atoms with Gasteiger partial charge in [-0.25, -0.2) is 15.0 Å². The number of nitrogens with zero attached hydrogens (tertiary/aromatic N) is 4. The highest BCUT2D eigenvalue weighted by atomic mass is 16.8. The Labute approximate surface area is 188 Å². The van der Waals surface area contributed by atoms with Crippen LogP contribution in [0.2, 0.25) is 0 Å². The summed E-state index contributed by atoms with van der Waals surface area (Å²) >= 11 is 0. The van der Waals surface area contributed by atoms with Crippen LogP contribution in [0.15, 0.2) is 59.4 Å². The van der Waals surface area contributed by atoms with E-state index in [1.54, 1.807) is 23.4 Å². The standard InChI is InChI=1S/C22H21N7O4/c1-13-5-7-15(8-6-13)25-22(30)28-11-18-17(23-12-24-18)10-19(28)21-26-20(27-33-21)14-3-2-4-16(9-14)29(31)32/h2-9,12,19,29,31H,10-11H2,1H3,(H,23,24)(H,25,30). The van der Waals surface area contributed by atoms with Gasteiger partial charge in [0.05, 0.1) is 24.3 Å². The van der Waals surface area contributed by atoms with Gasteiger partial charge >= 0.3 is 6.03 Å². The molecular formula is C22H21N7O4. The van der Waals surface area contributed by atoms with E-state index in [0.29, 0.717) is 24.2 Å². The van der Waals surface area contributed by atoms with E-state index in [0.717, 1.165) is 17.0 Å². The molecule has 0 fully saturated rings. The zero-order valence-corrected chi connectivity index (χ0v) is 17.6. The fourth-order valence-corrected chi connectivity index (χ4v) is 3.78. The van der Waals surface area contributed by atoms with Crippen LogP contribution in [0.25, 0.3) is 11.4 Å². The molecule has 3 heterocycles. The van der Waals surface area contributed by atoms with Gasteiger partial charge < -0.3 is 24.9 Å². The number of aryl methyl sites for hydroxylation is 1. The summed E-state index contributed by atoms with van der Waals surface area (Å²) in [6, 6.07) is 13.0. The van der Waals surface area contributed by atoms with Crippen LogP contribution in [0.3, 0.4) is 0 Å². The molecule has 2 atom stereocenters. The molecule has 4 aromatic rings. The average molecular weight is 447 g/mol. The smallest absolute Gasteiger partial charge is 0.322 e. The number of urea groups is 1. The van der Waals surface area contributed by atoms with Gasteiger partial charge in [-0.2, -0.15) is 10.2 Å². The molecule has 0 radical (unpaired) electrons. The summed E-state index contributed by atoms with van der Waals surface area (Å²) in [6.07, 6.45) is 2.00. The molecule has 33 heavy (non-hydrogen) atoms. The number of imidazole rings is 1. The van der Waals surface area contributed by atoms with Crippen LogP contribution in [0, 0.1) is 12.1 Å². The highest BCUT2D eigenvalue weighted by molar-refractivity contribution is 5.89. The molecule has 2 amide bonds. The van der Waals surface area contributed by atoms with Crippen LogP contribution in [-0.4, -0.2) is 36.2 Å². The van der Waals surface area contributed by atoms with Crippen LogP contribution >= 0.6 is 0 Å². The number of benzene rings is 2. The third-order valence-corrected chi connectivity index (χ3v) is 5.56. The van der Waals surface area contributed by atoms with Crippen LogP contribution < -0.4 is 10.5 Å². The summed E-state index contributed by atoms with van der Waals surface area (Å²) in [5.74, 6) is 0.498. The van der Waals surface area contributed by atoms with E-state index in [-0.39, 0.29) is 23.4 Å². The summed E-state index contributed by atoms with van der Waals surface area (Å²) < 4.78 is 5.53. The number of nitrogens with one attached hydrogen (secondary N) is 3. The van der Waals surface area contributed by atoms with Gasteiger partial charge in [0, 0.05) is 29.8 Å². The Morgan fingerprint density at radius 2 is 2.12 bits per heavy atom. The van der Waals surface area contributed by atoms with Crippen molar-refractivity contribution in [2.75, 3.05) is 5.32 Å². The molecule has 0 bridgehead atoms. The Morgan fingerprint density at radius 3 is 2.91 bits per heavy atom. The van der Waals surface area contributed by atoms with Gasteiger partial charge in [-0.3, -0.25) is 0 Å². The highest BCUT2D eigenvalue weighted by Gasteiger charge is 2.36. The Bertz CT molecular complexity index is 1280. The van der Waals surface area contributed by atoms with Crippen molar-refractivity contribution >= 4 is 17.4 Å². The Kier molecular flexibility index (Phi) is 5.34. The van der Waals surface area contributed by atoms with E-state index in [9.17, 15) is 15.2 Å². The molecule has 11 nitrogen and oxygen atoms in total. The van der Waals surface area contributed by atoms with Crippen molar-refractivity contribution in [3.8, 4) is 11.4 Å². The molecule has 0 aliphatic carbocycles. The zero-order valence-electron chi connectivity index (χ0n) is 17.6. The molecule has 5 rings (SSSR count). The van der Waals surface area contributed by atoms with Gasteiger partial charge in [0.15, 0.2) is 5.69 Å². The highest BCUT2D eigenvalue weighted by Crippen LogP contribution is 2.32. The lowest BCUT2D eigenvalue weighted by Crippen LogP contribution is -2.99. The lowest BCUT2D eigenvalue weighted by molar-refractivity contribution is -0.991. The van der Waals surface area contributed by atoms with Crippen LogP contribution in [0.4, 0.5) is 16.2 Å². The molecule has 0 saturated heterocycles. The van der Waals surface area contributed by atoms with Gasteiger partial charge in [-0.05, 0) is 19.1 Å². The van der Waals surface area contributed by atoms with Gasteiger partial charge in [0.1, 0.15) is 6.04 Å². The first-order chi connectivity index (χ1) is 16.0. The van der Waals surface area contributed by atoms with Crippen molar-refractivity contribution in [1.29, 1.82) is 0 Å². The molecule has 1 aliphatic heterocycles. The third kappa shape index (κ3) is 4.20. The minimum atomic E-state index is -1.04. The number of aromatic nitrogens is 4. The third-order valence-electron chi connectivity index (χ3n) is 5.56. The number of fused-ring (bicyclic) bond motifs is 1. The minimum Gasteiger partial charge on any atom is -0.595 e. The quantitative estimate of drug-likeness (QED) is 0.351. The Balaban J connectivity index is 1.44. The van der Waals surface area contributed by atoms with E-state index in [1.807, 2.05) is 31.2 Å². The fourth-order valence-electron chi connectivity index (χ4n) is 3.78. The molecule has 1 aliphatic rings.